The van der Waals surface area contributed by atoms with Gasteiger partial charge in [0, 0.05) is 29.7 Å². The third-order valence-corrected chi connectivity index (χ3v) is 3.64. The number of nitrogens with zero attached hydrogens (tertiary/aromatic N) is 2. The van der Waals surface area contributed by atoms with Gasteiger partial charge >= 0.3 is 0 Å². The maximum absolute atomic E-state index is 4.67. The largest absolute Gasteiger partial charge is 0.309 e. The molecule has 4 heteroatoms. The van der Waals surface area contributed by atoms with Crippen LogP contribution in [0.3, 0.4) is 0 Å². The second-order valence-electron chi connectivity index (χ2n) is 4.34. The summed E-state index contributed by atoms with van der Waals surface area (Å²) in [5.41, 5.74) is 2.21. The molecule has 96 valence electrons. The van der Waals surface area contributed by atoms with E-state index in [0.717, 1.165) is 35.8 Å². The Balaban J connectivity index is 1.98. The Hall–Kier alpha value is -1.26. The zero-order valence-electron chi connectivity index (χ0n) is 10.9. The fourth-order valence-electron chi connectivity index (χ4n) is 1.73. The summed E-state index contributed by atoms with van der Waals surface area (Å²) in [4.78, 5) is 9.00. The second kappa shape index (κ2) is 6.61. The van der Waals surface area contributed by atoms with Crippen molar-refractivity contribution in [3.63, 3.8) is 0 Å². The normalized spacial score (nSPS) is 12.6. The van der Waals surface area contributed by atoms with Gasteiger partial charge in [-0.25, -0.2) is 4.98 Å². The summed E-state index contributed by atoms with van der Waals surface area (Å²) in [6.45, 7) is 5.37. The monoisotopic (exact) mass is 261 g/mol. The van der Waals surface area contributed by atoms with Gasteiger partial charge in [-0.3, -0.25) is 4.98 Å². The van der Waals surface area contributed by atoms with Crippen LogP contribution in [-0.2, 0) is 6.42 Å². The second-order valence-corrected chi connectivity index (χ2v) is 5.28. The van der Waals surface area contributed by atoms with Gasteiger partial charge in [-0.2, -0.15) is 0 Å². The molecule has 1 unspecified atom stereocenters. The Morgan fingerprint density at radius 1 is 1.39 bits per heavy atom. The van der Waals surface area contributed by atoms with Crippen LogP contribution < -0.4 is 5.32 Å². The molecule has 0 saturated heterocycles. The van der Waals surface area contributed by atoms with Crippen molar-refractivity contribution < 1.29 is 0 Å². The minimum Gasteiger partial charge on any atom is -0.309 e. The van der Waals surface area contributed by atoms with Crippen molar-refractivity contribution in [3.05, 3.63) is 46.2 Å². The Bertz CT molecular complexity index is 467. The summed E-state index contributed by atoms with van der Waals surface area (Å²) in [5, 5.41) is 6.73. The molecule has 1 atom stereocenters. The van der Waals surface area contributed by atoms with Crippen molar-refractivity contribution in [3.8, 4) is 0 Å². The van der Waals surface area contributed by atoms with E-state index in [4.69, 9.17) is 0 Å². The van der Waals surface area contributed by atoms with Crippen LogP contribution in [0, 0.1) is 0 Å². The molecule has 0 aliphatic carbocycles. The number of rotatable bonds is 6. The Morgan fingerprint density at radius 3 is 3.00 bits per heavy atom. The van der Waals surface area contributed by atoms with Crippen LogP contribution in [0.1, 0.15) is 42.7 Å². The zero-order valence-corrected chi connectivity index (χ0v) is 11.7. The van der Waals surface area contributed by atoms with Crippen molar-refractivity contribution in [1.82, 2.24) is 15.3 Å². The summed E-state index contributed by atoms with van der Waals surface area (Å²) < 4.78 is 0. The number of hydrogen-bond acceptors (Lipinski definition) is 4. The lowest BCUT2D eigenvalue weighted by molar-refractivity contribution is 0.560. The Morgan fingerprint density at radius 2 is 2.28 bits per heavy atom. The Kier molecular flexibility index (Phi) is 4.84. The van der Waals surface area contributed by atoms with Crippen molar-refractivity contribution in [2.24, 2.45) is 0 Å². The van der Waals surface area contributed by atoms with Crippen molar-refractivity contribution >= 4 is 11.3 Å². The van der Waals surface area contributed by atoms with Gasteiger partial charge in [0.25, 0.3) is 0 Å². The molecule has 2 rings (SSSR count). The smallest absolute Gasteiger partial charge is 0.0988 e. The molecule has 0 amide bonds. The van der Waals surface area contributed by atoms with E-state index >= 15 is 0 Å². The molecule has 2 aromatic heterocycles. The van der Waals surface area contributed by atoms with Crippen molar-refractivity contribution in [1.29, 1.82) is 0 Å². The highest BCUT2D eigenvalue weighted by molar-refractivity contribution is 7.09. The van der Waals surface area contributed by atoms with E-state index in [1.807, 2.05) is 24.4 Å². The molecule has 0 spiro atoms. The van der Waals surface area contributed by atoms with E-state index < -0.39 is 0 Å². The van der Waals surface area contributed by atoms with Gasteiger partial charge in [-0.05, 0) is 32.0 Å². The average molecular weight is 261 g/mol. The molecule has 0 aliphatic heterocycles. The highest BCUT2D eigenvalue weighted by Crippen LogP contribution is 2.18. The fraction of sp³-hybridized carbons (Fsp3) is 0.429. The topological polar surface area (TPSA) is 37.8 Å². The molecule has 0 aromatic carbocycles. The molecule has 1 N–H and O–H groups in total. The molecule has 0 bridgehead atoms. The van der Waals surface area contributed by atoms with Gasteiger partial charge in [0.15, 0.2) is 0 Å². The SMILES string of the molecule is CCCNC(C)c1csc(Cc2ccccn2)n1. The van der Waals surface area contributed by atoms with Crippen LogP contribution >= 0.6 is 11.3 Å². The van der Waals surface area contributed by atoms with Gasteiger partial charge in [-0.15, -0.1) is 11.3 Å². The van der Waals surface area contributed by atoms with E-state index in [2.05, 4.69) is 34.5 Å². The van der Waals surface area contributed by atoms with E-state index in [0.29, 0.717) is 6.04 Å². The minimum absolute atomic E-state index is 0.332. The fourth-order valence-corrected chi connectivity index (χ4v) is 2.63. The number of thiazole rings is 1. The summed E-state index contributed by atoms with van der Waals surface area (Å²) in [7, 11) is 0. The van der Waals surface area contributed by atoms with Gasteiger partial charge in [-0.1, -0.05) is 13.0 Å². The molecule has 3 nitrogen and oxygen atoms in total. The first-order valence-electron chi connectivity index (χ1n) is 6.37. The lowest BCUT2D eigenvalue weighted by Gasteiger charge is -2.09. The number of pyridine rings is 1. The zero-order chi connectivity index (χ0) is 12.8. The Labute approximate surface area is 112 Å². The van der Waals surface area contributed by atoms with Gasteiger partial charge < -0.3 is 5.32 Å². The number of nitrogens with one attached hydrogen (secondary N) is 1. The van der Waals surface area contributed by atoms with Gasteiger partial charge in [0.2, 0.25) is 0 Å². The predicted molar refractivity (Wildman–Crippen MR) is 75.9 cm³/mol. The number of hydrogen-bond donors (Lipinski definition) is 1. The molecule has 0 radical (unpaired) electrons. The lowest BCUT2D eigenvalue weighted by Crippen LogP contribution is -2.19. The molecular weight excluding hydrogens is 242 g/mol. The van der Waals surface area contributed by atoms with Crippen LogP contribution in [0.15, 0.2) is 29.8 Å². The summed E-state index contributed by atoms with van der Waals surface area (Å²) in [5.74, 6) is 0. The summed E-state index contributed by atoms with van der Waals surface area (Å²) in [6, 6.07) is 6.33. The summed E-state index contributed by atoms with van der Waals surface area (Å²) in [6.07, 6.45) is 3.80. The maximum Gasteiger partial charge on any atom is 0.0988 e. The van der Waals surface area contributed by atoms with Crippen LogP contribution in [0.4, 0.5) is 0 Å². The molecule has 2 aromatic rings. The van der Waals surface area contributed by atoms with E-state index in [9.17, 15) is 0 Å². The lowest BCUT2D eigenvalue weighted by atomic mass is 10.2. The predicted octanol–water partition coefficient (Wildman–Crippen LogP) is 3.19. The van der Waals surface area contributed by atoms with E-state index in [1.54, 1.807) is 11.3 Å². The van der Waals surface area contributed by atoms with Crippen LogP contribution in [0.5, 0.6) is 0 Å². The standard InChI is InChI=1S/C14H19N3S/c1-3-7-15-11(2)13-10-18-14(17-13)9-12-6-4-5-8-16-12/h4-6,8,10-11,15H,3,7,9H2,1-2H3. The van der Waals surface area contributed by atoms with Gasteiger partial charge in [0.05, 0.1) is 10.7 Å². The van der Waals surface area contributed by atoms with Gasteiger partial charge in [0.1, 0.15) is 0 Å². The molecule has 18 heavy (non-hydrogen) atoms. The molecule has 0 fully saturated rings. The van der Waals surface area contributed by atoms with Crippen LogP contribution in [0.2, 0.25) is 0 Å². The molecule has 0 saturated carbocycles. The average Bonchev–Trinajstić information content (AvgIpc) is 2.86. The number of aromatic nitrogens is 2. The third kappa shape index (κ3) is 3.62. The molecule has 0 aliphatic rings. The first-order valence-corrected chi connectivity index (χ1v) is 7.25. The first-order chi connectivity index (χ1) is 8.79. The van der Waals surface area contributed by atoms with Crippen LogP contribution in [0.25, 0.3) is 0 Å². The molecular formula is C14H19N3S. The summed E-state index contributed by atoms with van der Waals surface area (Å²) >= 11 is 1.72. The third-order valence-electron chi connectivity index (χ3n) is 2.77. The molecule has 2 heterocycles. The minimum atomic E-state index is 0.332. The first kappa shape index (κ1) is 13.2. The quantitative estimate of drug-likeness (QED) is 0.868. The van der Waals surface area contributed by atoms with Crippen molar-refractivity contribution in [2.75, 3.05) is 6.54 Å². The highest BCUT2D eigenvalue weighted by atomic mass is 32.1. The van der Waals surface area contributed by atoms with E-state index in [1.165, 1.54) is 0 Å². The van der Waals surface area contributed by atoms with Crippen molar-refractivity contribution in [2.45, 2.75) is 32.7 Å². The van der Waals surface area contributed by atoms with Crippen LogP contribution in [-0.4, -0.2) is 16.5 Å². The maximum atomic E-state index is 4.67. The van der Waals surface area contributed by atoms with E-state index in [-0.39, 0.29) is 0 Å². The highest BCUT2D eigenvalue weighted by Gasteiger charge is 2.09.